The number of hydrogen-bond donors (Lipinski definition) is 1. The maximum Gasteiger partial charge on any atom is 0.121 e. The van der Waals surface area contributed by atoms with E-state index in [1.54, 1.807) is 4.68 Å². The van der Waals surface area contributed by atoms with Crippen LogP contribution in [-0.4, -0.2) is 27.8 Å². The van der Waals surface area contributed by atoms with Crippen molar-refractivity contribution < 1.29 is 0 Å². The SMILES string of the molecule is Cn1nc(CN2CCCC2)cc1N. The van der Waals surface area contributed by atoms with Crippen molar-refractivity contribution in [1.82, 2.24) is 14.7 Å². The van der Waals surface area contributed by atoms with E-state index < -0.39 is 0 Å². The third-order valence-corrected chi connectivity index (χ3v) is 2.55. The van der Waals surface area contributed by atoms with Gasteiger partial charge in [-0.3, -0.25) is 9.58 Å². The van der Waals surface area contributed by atoms with Crippen molar-refractivity contribution in [2.45, 2.75) is 19.4 Å². The molecule has 0 atom stereocenters. The molecule has 0 saturated carbocycles. The minimum absolute atomic E-state index is 0.745. The van der Waals surface area contributed by atoms with Gasteiger partial charge in [0.2, 0.25) is 0 Å². The van der Waals surface area contributed by atoms with Crippen molar-refractivity contribution in [1.29, 1.82) is 0 Å². The van der Waals surface area contributed by atoms with E-state index >= 15 is 0 Å². The smallest absolute Gasteiger partial charge is 0.121 e. The Labute approximate surface area is 78.3 Å². The topological polar surface area (TPSA) is 47.1 Å². The lowest BCUT2D eigenvalue weighted by Gasteiger charge is -2.11. The Morgan fingerprint density at radius 1 is 1.46 bits per heavy atom. The van der Waals surface area contributed by atoms with Crippen molar-refractivity contribution in [3.8, 4) is 0 Å². The van der Waals surface area contributed by atoms with Gasteiger partial charge >= 0.3 is 0 Å². The van der Waals surface area contributed by atoms with Gasteiger partial charge in [0.25, 0.3) is 0 Å². The summed E-state index contributed by atoms with van der Waals surface area (Å²) in [6.45, 7) is 3.36. The zero-order valence-electron chi connectivity index (χ0n) is 8.03. The molecule has 13 heavy (non-hydrogen) atoms. The molecule has 0 bridgehead atoms. The van der Waals surface area contributed by atoms with E-state index in [9.17, 15) is 0 Å². The summed E-state index contributed by atoms with van der Waals surface area (Å²) in [7, 11) is 1.88. The summed E-state index contributed by atoms with van der Waals surface area (Å²) in [5.74, 6) is 0.745. The fourth-order valence-corrected chi connectivity index (χ4v) is 1.79. The van der Waals surface area contributed by atoms with Gasteiger partial charge in [-0.25, -0.2) is 0 Å². The molecule has 1 fully saturated rings. The van der Waals surface area contributed by atoms with Crippen LogP contribution in [0.4, 0.5) is 5.82 Å². The number of rotatable bonds is 2. The van der Waals surface area contributed by atoms with Crippen LogP contribution in [-0.2, 0) is 13.6 Å². The van der Waals surface area contributed by atoms with E-state index in [0.717, 1.165) is 18.1 Å². The Morgan fingerprint density at radius 3 is 2.69 bits per heavy atom. The number of aryl methyl sites for hydroxylation is 1. The van der Waals surface area contributed by atoms with E-state index in [1.807, 2.05) is 13.1 Å². The lowest BCUT2D eigenvalue weighted by molar-refractivity contribution is 0.326. The van der Waals surface area contributed by atoms with Crippen molar-refractivity contribution in [3.05, 3.63) is 11.8 Å². The first kappa shape index (κ1) is 8.56. The highest BCUT2D eigenvalue weighted by molar-refractivity contribution is 5.30. The highest BCUT2D eigenvalue weighted by atomic mass is 15.3. The molecule has 4 nitrogen and oxygen atoms in total. The molecule has 0 radical (unpaired) electrons. The number of nitrogen functional groups attached to an aromatic ring is 1. The van der Waals surface area contributed by atoms with E-state index in [1.165, 1.54) is 25.9 Å². The minimum atomic E-state index is 0.745. The van der Waals surface area contributed by atoms with Gasteiger partial charge in [0, 0.05) is 19.7 Å². The van der Waals surface area contributed by atoms with Gasteiger partial charge in [-0.2, -0.15) is 5.10 Å². The maximum atomic E-state index is 5.70. The molecule has 1 aromatic rings. The normalized spacial score (nSPS) is 18.2. The summed E-state index contributed by atoms with van der Waals surface area (Å²) in [5.41, 5.74) is 6.78. The molecule has 0 unspecified atom stereocenters. The zero-order valence-corrected chi connectivity index (χ0v) is 8.03. The molecular formula is C9H16N4. The molecule has 2 N–H and O–H groups in total. The van der Waals surface area contributed by atoms with Gasteiger partial charge in [0.1, 0.15) is 5.82 Å². The number of nitrogens with zero attached hydrogens (tertiary/aromatic N) is 3. The molecule has 0 aliphatic carbocycles. The van der Waals surface area contributed by atoms with Crippen LogP contribution in [0.15, 0.2) is 6.07 Å². The van der Waals surface area contributed by atoms with Crippen LogP contribution in [0.1, 0.15) is 18.5 Å². The Hall–Kier alpha value is -1.03. The second kappa shape index (κ2) is 3.38. The lowest BCUT2D eigenvalue weighted by Crippen LogP contribution is -2.18. The molecule has 1 aromatic heterocycles. The molecule has 1 saturated heterocycles. The lowest BCUT2D eigenvalue weighted by atomic mass is 10.4. The van der Waals surface area contributed by atoms with Crippen LogP contribution in [0.3, 0.4) is 0 Å². The first-order valence-electron chi connectivity index (χ1n) is 4.76. The van der Waals surface area contributed by atoms with E-state index in [2.05, 4.69) is 10.00 Å². The average Bonchev–Trinajstić information content (AvgIpc) is 2.64. The van der Waals surface area contributed by atoms with Crippen molar-refractivity contribution in [2.75, 3.05) is 18.8 Å². The van der Waals surface area contributed by atoms with E-state index in [0.29, 0.717) is 0 Å². The Morgan fingerprint density at radius 2 is 2.15 bits per heavy atom. The summed E-state index contributed by atoms with van der Waals surface area (Å²) in [6, 6.07) is 1.96. The van der Waals surface area contributed by atoms with Crippen molar-refractivity contribution >= 4 is 5.82 Å². The average molecular weight is 180 g/mol. The van der Waals surface area contributed by atoms with E-state index in [4.69, 9.17) is 5.73 Å². The van der Waals surface area contributed by atoms with Crippen LogP contribution >= 0.6 is 0 Å². The van der Waals surface area contributed by atoms with Crippen LogP contribution in [0.5, 0.6) is 0 Å². The maximum absolute atomic E-state index is 5.70. The number of nitrogens with two attached hydrogens (primary N) is 1. The Balaban J connectivity index is 2.00. The molecule has 1 aliphatic rings. The van der Waals surface area contributed by atoms with Gasteiger partial charge in [0.05, 0.1) is 5.69 Å². The van der Waals surface area contributed by atoms with Crippen molar-refractivity contribution in [2.24, 2.45) is 7.05 Å². The van der Waals surface area contributed by atoms with Gasteiger partial charge in [-0.05, 0) is 25.9 Å². The molecule has 0 aromatic carbocycles. The number of anilines is 1. The van der Waals surface area contributed by atoms with Crippen LogP contribution in [0, 0.1) is 0 Å². The highest BCUT2D eigenvalue weighted by Crippen LogP contribution is 2.12. The fraction of sp³-hybridized carbons (Fsp3) is 0.667. The first-order chi connectivity index (χ1) is 6.25. The van der Waals surface area contributed by atoms with Gasteiger partial charge in [0.15, 0.2) is 0 Å². The fourth-order valence-electron chi connectivity index (χ4n) is 1.79. The number of aromatic nitrogens is 2. The van der Waals surface area contributed by atoms with Crippen LogP contribution in [0.25, 0.3) is 0 Å². The predicted octanol–water partition coefficient (Wildman–Crippen LogP) is 0.598. The van der Waals surface area contributed by atoms with Gasteiger partial charge in [-0.15, -0.1) is 0 Å². The third-order valence-electron chi connectivity index (χ3n) is 2.55. The monoisotopic (exact) mass is 180 g/mol. The number of likely N-dealkylation sites (tertiary alicyclic amines) is 1. The highest BCUT2D eigenvalue weighted by Gasteiger charge is 2.13. The molecule has 0 amide bonds. The molecular weight excluding hydrogens is 164 g/mol. The van der Waals surface area contributed by atoms with Crippen LogP contribution in [0.2, 0.25) is 0 Å². The molecule has 72 valence electrons. The second-order valence-electron chi connectivity index (χ2n) is 3.67. The Bertz CT molecular complexity index is 266. The largest absolute Gasteiger partial charge is 0.384 e. The molecule has 2 heterocycles. The summed E-state index contributed by atoms with van der Waals surface area (Å²) < 4.78 is 1.73. The number of hydrogen-bond acceptors (Lipinski definition) is 3. The summed E-state index contributed by atoms with van der Waals surface area (Å²) in [6.07, 6.45) is 2.64. The second-order valence-corrected chi connectivity index (χ2v) is 3.67. The first-order valence-corrected chi connectivity index (χ1v) is 4.76. The molecule has 0 spiro atoms. The third kappa shape index (κ3) is 1.83. The molecule has 4 heteroatoms. The molecule has 2 rings (SSSR count). The van der Waals surface area contributed by atoms with E-state index in [-0.39, 0.29) is 0 Å². The summed E-state index contributed by atoms with van der Waals surface area (Å²) in [5, 5.41) is 4.32. The summed E-state index contributed by atoms with van der Waals surface area (Å²) >= 11 is 0. The van der Waals surface area contributed by atoms with Gasteiger partial charge < -0.3 is 5.73 Å². The predicted molar refractivity (Wildman–Crippen MR) is 52.1 cm³/mol. The molecule has 1 aliphatic heterocycles. The Kier molecular flexibility index (Phi) is 2.22. The summed E-state index contributed by atoms with van der Waals surface area (Å²) in [4.78, 5) is 2.42. The minimum Gasteiger partial charge on any atom is -0.384 e. The van der Waals surface area contributed by atoms with Gasteiger partial charge in [-0.1, -0.05) is 0 Å². The zero-order chi connectivity index (χ0) is 9.26. The van der Waals surface area contributed by atoms with Crippen molar-refractivity contribution in [3.63, 3.8) is 0 Å². The van der Waals surface area contributed by atoms with Crippen LogP contribution < -0.4 is 5.73 Å². The quantitative estimate of drug-likeness (QED) is 0.725. The standard InChI is InChI=1S/C9H16N4/c1-12-9(10)6-8(11-12)7-13-4-2-3-5-13/h6H,2-5,7,10H2,1H3.